The molecule has 0 amide bonds. The largest absolute Gasteiger partial charge is 0.462 e. The van der Waals surface area contributed by atoms with Crippen LogP contribution in [0.3, 0.4) is 0 Å². The van der Waals surface area contributed by atoms with Crippen molar-refractivity contribution in [2.24, 2.45) is 0 Å². The third kappa shape index (κ3) is 5.57. The van der Waals surface area contributed by atoms with Gasteiger partial charge in [0.25, 0.3) is 0 Å². The van der Waals surface area contributed by atoms with Crippen LogP contribution in [0.2, 0.25) is 0 Å². The van der Waals surface area contributed by atoms with Crippen LogP contribution in [0.5, 0.6) is 0 Å². The summed E-state index contributed by atoms with van der Waals surface area (Å²) in [6, 6.07) is 0. The van der Waals surface area contributed by atoms with Gasteiger partial charge in [-0.2, -0.15) is 0 Å². The Balaban J connectivity index is 1.93. The zero-order chi connectivity index (χ0) is 16.7. The number of fused-ring (bicyclic) bond motifs is 2. The molecule has 132 valence electrons. The van der Waals surface area contributed by atoms with Crippen molar-refractivity contribution in [3.63, 3.8) is 0 Å². The minimum Gasteiger partial charge on any atom is -0.462 e. The van der Waals surface area contributed by atoms with Crippen molar-refractivity contribution < 1.29 is 24.2 Å². The number of Topliss-reactive ketones (excluding diaryl/α,β-unsaturated/α-hetero) is 1. The van der Waals surface area contributed by atoms with Crippen LogP contribution in [0.4, 0.5) is 0 Å². The van der Waals surface area contributed by atoms with E-state index in [0.29, 0.717) is 0 Å². The average Bonchev–Trinajstić information content (AvgIpc) is 2.80. The van der Waals surface area contributed by atoms with Gasteiger partial charge in [-0.25, -0.2) is 0 Å². The first-order valence-electron chi connectivity index (χ1n) is 9.16. The minimum absolute atomic E-state index is 0.00282. The van der Waals surface area contributed by atoms with Gasteiger partial charge in [-0.05, 0) is 32.1 Å². The molecule has 1 N–H and O–H groups in total. The molecule has 0 saturated carbocycles. The van der Waals surface area contributed by atoms with E-state index < -0.39 is 5.79 Å². The molecular weight excluding hydrogens is 296 g/mol. The van der Waals surface area contributed by atoms with E-state index in [0.717, 1.165) is 57.8 Å². The average molecular weight is 326 g/mol. The first-order chi connectivity index (χ1) is 11.0. The second-order valence-electron chi connectivity index (χ2n) is 6.90. The van der Waals surface area contributed by atoms with Gasteiger partial charge in [-0.1, -0.05) is 32.6 Å². The Morgan fingerprint density at radius 1 is 1.17 bits per heavy atom. The lowest BCUT2D eigenvalue weighted by molar-refractivity contribution is -0.200. The third-order valence-electron chi connectivity index (χ3n) is 4.86. The first-order valence-corrected chi connectivity index (χ1v) is 9.16. The maximum Gasteiger partial charge on any atom is 0.306 e. The lowest BCUT2D eigenvalue weighted by Crippen LogP contribution is -2.36. The predicted octanol–water partition coefficient (Wildman–Crippen LogP) is 3.27. The number of ketones is 1. The number of cyclic esters (lactones) is 1. The molecule has 2 aliphatic rings. The van der Waals surface area contributed by atoms with Crippen LogP contribution in [0.25, 0.3) is 0 Å². The number of ether oxygens (including phenoxy) is 2. The number of hydrogen-bond acceptors (Lipinski definition) is 5. The molecule has 0 aliphatic carbocycles. The lowest BCUT2D eigenvalue weighted by Gasteiger charge is -2.22. The molecule has 0 unspecified atom stereocenters. The van der Waals surface area contributed by atoms with Crippen molar-refractivity contribution in [1.29, 1.82) is 0 Å². The van der Waals surface area contributed by atoms with Crippen LogP contribution in [0.1, 0.15) is 84.0 Å². The lowest BCUT2D eigenvalue weighted by atomic mass is 10.00. The van der Waals surface area contributed by atoms with E-state index >= 15 is 0 Å². The maximum atomic E-state index is 12.1. The normalized spacial score (nSPS) is 33.5. The van der Waals surface area contributed by atoms with E-state index in [1.807, 2.05) is 0 Å². The molecule has 2 bridgehead atoms. The molecule has 3 atom stereocenters. The number of carbonyl (C=O) groups is 2. The highest BCUT2D eigenvalue weighted by Crippen LogP contribution is 2.32. The van der Waals surface area contributed by atoms with Gasteiger partial charge in [0.2, 0.25) is 5.79 Å². The molecule has 2 rings (SSSR count). The van der Waals surface area contributed by atoms with Gasteiger partial charge in [0.05, 0.1) is 12.5 Å². The van der Waals surface area contributed by atoms with E-state index in [1.54, 1.807) is 0 Å². The Labute approximate surface area is 138 Å². The summed E-state index contributed by atoms with van der Waals surface area (Å²) in [5, 5.41) is 10.3. The van der Waals surface area contributed by atoms with E-state index in [1.165, 1.54) is 0 Å². The Hall–Kier alpha value is -0.940. The van der Waals surface area contributed by atoms with Crippen molar-refractivity contribution in [3.8, 4) is 0 Å². The summed E-state index contributed by atoms with van der Waals surface area (Å²) < 4.78 is 11.1. The smallest absolute Gasteiger partial charge is 0.306 e. The van der Waals surface area contributed by atoms with E-state index in [9.17, 15) is 14.7 Å². The quantitative estimate of drug-likeness (QED) is 0.634. The molecule has 0 aromatic heterocycles. The van der Waals surface area contributed by atoms with Crippen molar-refractivity contribution in [1.82, 2.24) is 0 Å². The van der Waals surface area contributed by atoms with Gasteiger partial charge in [0, 0.05) is 12.8 Å². The summed E-state index contributed by atoms with van der Waals surface area (Å²) >= 11 is 0. The summed E-state index contributed by atoms with van der Waals surface area (Å²) in [6.45, 7) is 2.16. The number of aliphatic hydroxyl groups is 1. The highest BCUT2D eigenvalue weighted by Gasteiger charge is 2.46. The second-order valence-corrected chi connectivity index (χ2v) is 6.90. The molecule has 23 heavy (non-hydrogen) atoms. The van der Waals surface area contributed by atoms with Crippen molar-refractivity contribution in [2.45, 2.75) is 102 Å². The van der Waals surface area contributed by atoms with Gasteiger partial charge in [0.1, 0.15) is 6.10 Å². The topological polar surface area (TPSA) is 72.8 Å². The van der Waals surface area contributed by atoms with Crippen molar-refractivity contribution in [3.05, 3.63) is 0 Å². The van der Waals surface area contributed by atoms with Crippen molar-refractivity contribution in [2.75, 3.05) is 0 Å². The number of hydrogen-bond donors (Lipinski definition) is 1. The molecule has 2 aliphatic heterocycles. The Morgan fingerprint density at radius 2 is 1.96 bits per heavy atom. The monoisotopic (exact) mass is 326 g/mol. The summed E-state index contributed by atoms with van der Waals surface area (Å²) in [5.41, 5.74) is 0. The van der Waals surface area contributed by atoms with Gasteiger partial charge in [0.15, 0.2) is 5.78 Å². The molecule has 5 heteroatoms. The van der Waals surface area contributed by atoms with Crippen LogP contribution in [-0.2, 0) is 19.1 Å². The summed E-state index contributed by atoms with van der Waals surface area (Å²) in [5.74, 6) is -2.42. The van der Waals surface area contributed by atoms with Gasteiger partial charge >= 0.3 is 5.97 Å². The summed E-state index contributed by atoms with van der Waals surface area (Å²) in [6.07, 6.45) is 9.06. The number of esters is 1. The number of rotatable bonds is 4. The molecule has 0 aromatic carbocycles. The molecule has 2 heterocycles. The molecule has 5 nitrogen and oxygen atoms in total. The van der Waals surface area contributed by atoms with E-state index in [2.05, 4.69) is 6.92 Å². The molecule has 0 aromatic rings. The standard InChI is InChI=1S/C18H30O5/c1-2-3-5-8-14-9-6-4-7-10-15-13-16(19)18(21,23-15)12-11-17(20)22-14/h14-15,21H,2-13H2,1H3/t14-,15-,18+/m1/s1. The molecule has 0 radical (unpaired) electrons. The maximum absolute atomic E-state index is 12.1. The minimum atomic E-state index is -1.78. The molecular formula is C18H30O5. The van der Waals surface area contributed by atoms with Crippen LogP contribution in [-0.4, -0.2) is 34.9 Å². The molecule has 2 fully saturated rings. The SMILES string of the molecule is CCCCC[C@@H]1CCCCC[C@@H]2CC(=O)[C@](O)(CCC(=O)O1)O2. The van der Waals surface area contributed by atoms with Crippen LogP contribution in [0.15, 0.2) is 0 Å². The zero-order valence-corrected chi connectivity index (χ0v) is 14.2. The Kier molecular flexibility index (Phi) is 7.03. The highest BCUT2D eigenvalue weighted by molar-refractivity contribution is 5.88. The number of carbonyl (C=O) groups excluding carboxylic acids is 2. The van der Waals surface area contributed by atoms with E-state index in [-0.39, 0.29) is 43.2 Å². The first kappa shape index (κ1) is 18.4. The highest BCUT2D eigenvalue weighted by atomic mass is 16.6. The summed E-state index contributed by atoms with van der Waals surface area (Å²) in [4.78, 5) is 24.0. The fraction of sp³-hybridized carbons (Fsp3) is 0.889. The Morgan fingerprint density at radius 3 is 2.74 bits per heavy atom. The fourth-order valence-electron chi connectivity index (χ4n) is 3.43. The van der Waals surface area contributed by atoms with Gasteiger partial charge in [-0.3, -0.25) is 9.59 Å². The van der Waals surface area contributed by atoms with Crippen LogP contribution in [0, 0.1) is 0 Å². The zero-order valence-electron chi connectivity index (χ0n) is 14.2. The molecule has 2 saturated heterocycles. The molecule has 0 spiro atoms. The number of unbranched alkanes of at least 4 members (excludes halogenated alkanes) is 2. The third-order valence-corrected chi connectivity index (χ3v) is 4.86. The fourth-order valence-corrected chi connectivity index (χ4v) is 3.43. The second kappa shape index (κ2) is 8.78. The Bertz CT molecular complexity index is 408. The van der Waals surface area contributed by atoms with Gasteiger partial charge in [-0.15, -0.1) is 0 Å². The van der Waals surface area contributed by atoms with E-state index in [4.69, 9.17) is 9.47 Å². The van der Waals surface area contributed by atoms with Crippen LogP contribution >= 0.6 is 0 Å². The van der Waals surface area contributed by atoms with Crippen molar-refractivity contribution >= 4 is 11.8 Å². The predicted molar refractivity (Wildman–Crippen MR) is 85.8 cm³/mol. The summed E-state index contributed by atoms with van der Waals surface area (Å²) in [7, 11) is 0. The van der Waals surface area contributed by atoms with Gasteiger partial charge < -0.3 is 14.6 Å². The van der Waals surface area contributed by atoms with Crippen LogP contribution < -0.4 is 0 Å².